The molecule has 1 saturated carbocycles. The summed E-state index contributed by atoms with van der Waals surface area (Å²) in [5, 5.41) is 17.1. The summed E-state index contributed by atoms with van der Waals surface area (Å²) in [6, 6.07) is 0. The van der Waals surface area contributed by atoms with E-state index in [1.807, 2.05) is 17.8 Å². The molecule has 0 amide bonds. The van der Waals surface area contributed by atoms with E-state index >= 15 is 0 Å². The summed E-state index contributed by atoms with van der Waals surface area (Å²) in [5.74, 6) is 0.793. The summed E-state index contributed by atoms with van der Waals surface area (Å²) in [5.41, 5.74) is 6.10. The molecule has 0 aromatic carbocycles. The maximum atomic E-state index is 9.04. The molecule has 5 heteroatoms. The van der Waals surface area contributed by atoms with Crippen molar-refractivity contribution in [3.8, 4) is 0 Å². The Bertz CT molecular complexity index is 330. The molecule has 1 aliphatic carbocycles. The zero-order valence-electron chi connectivity index (χ0n) is 9.06. The Morgan fingerprint density at radius 3 is 3.00 bits per heavy atom. The van der Waals surface area contributed by atoms with Gasteiger partial charge in [0, 0.05) is 24.7 Å². The van der Waals surface area contributed by atoms with Gasteiger partial charge in [-0.15, -0.1) is 5.10 Å². The smallest absolute Gasteiger partial charge is 0.0846 e. The van der Waals surface area contributed by atoms with Crippen LogP contribution in [0.4, 0.5) is 0 Å². The Morgan fingerprint density at radius 2 is 2.40 bits per heavy atom. The van der Waals surface area contributed by atoms with Crippen molar-refractivity contribution in [2.75, 3.05) is 6.61 Å². The summed E-state index contributed by atoms with van der Waals surface area (Å²) in [4.78, 5) is 0. The van der Waals surface area contributed by atoms with E-state index in [2.05, 4.69) is 10.3 Å². The highest BCUT2D eigenvalue weighted by atomic mass is 16.3. The zero-order chi connectivity index (χ0) is 10.9. The third-order valence-corrected chi connectivity index (χ3v) is 2.67. The van der Waals surface area contributed by atoms with Crippen LogP contribution in [0, 0.1) is 5.92 Å². The van der Waals surface area contributed by atoms with Gasteiger partial charge < -0.3 is 10.8 Å². The summed E-state index contributed by atoms with van der Waals surface area (Å²) in [6.07, 6.45) is 5.11. The maximum Gasteiger partial charge on any atom is 0.0846 e. The third kappa shape index (κ3) is 3.00. The van der Waals surface area contributed by atoms with Crippen molar-refractivity contribution >= 4 is 0 Å². The molecular formula is C10H18N4O. The van der Waals surface area contributed by atoms with E-state index in [4.69, 9.17) is 10.8 Å². The van der Waals surface area contributed by atoms with Crippen LogP contribution < -0.4 is 5.73 Å². The Kier molecular flexibility index (Phi) is 2.75. The van der Waals surface area contributed by atoms with Crippen LogP contribution in [0.25, 0.3) is 0 Å². The minimum Gasteiger partial charge on any atom is -0.394 e. The lowest BCUT2D eigenvalue weighted by Gasteiger charge is -2.19. The van der Waals surface area contributed by atoms with Gasteiger partial charge in [0.25, 0.3) is 0 Å². The van der Waals surface area contributed by atoms with Gasteiger partial charge in [-0.3, -0.25) is 4.68 Å². The molecule has 0 bridgehead atoms. The van der Waals surface area contributed by atoms with Crippen molar-refractivity contribution in [2.24, 2.45) is 11.7 Å². The molecule has 3 N–H and O–H groups in total. The highest BCUT2D eigenvalue weighted by molar-refractivity contribution is 5.00. The largest absolute Gasteiger partial charge is 0.394 e. The number of rotatable bonds is 5. The first-order valence-corrected chi connectivity index (χ1v) is 5.38. The SMILES string of the molecule is CC(N)(CO)Cc1cn(CC2CC2)nn1. The first kappa shape index (κ1) is 10.6. The molecule has 0 spiro atoms. The van der Waals surface area contributed by atoms with Crippen LogP contribution in [-0.2, 0) is 13.0 Å². The van der Waals surface area contributed by atoms with Crippen molar-refractivity contribution in [3.63, 3.8) is 0 Å². The van der Waals surface area contributed by atoms with Crippen molar-refractivity contribution < 1.29 is 5.11 Å². The van der Waals surface area contributed by atoms with Gasteiger partial charge >= 0.3 is 0 Å². The average Bonchev–Trinajstić information content (AvgIpc) is 2.88. The van der Waals surface area contributed by atoms with E-state index in [0.29, 0.717) is 6.42 Å². The van der Waals surface area contributed by atoms with Crippen LogP contribution >= 0.6 is 0 Å². The lowest BCUT2D eigenvalue weighted by atomic mass is 9.99. The fourth-order valence-corrected chi connectivity index (χ4v) is 1.54. The number of nitrogens with two attached hydrogens (primary N) is 1. The van der Waals surface area contributed by atoms with Crippen LogP contribution in [0.1, 0.15) is 25.5 Å². The first-order chi connectivity index (χ1) is 7.09. The number of aromatic nitrogens is 3. The molecule has 5 nitrogen and oxygen atoms in total. The molecule has 1 aromatic rings. The van der Waals surface area contributed by atoms with Crippen LogP contribution in [0.15, 0.2) is 6.20 Å². The molecule has 1 heterocycles. The summed E-state index contributed by atoms with van der Waals surface area (Å²) in [7, 11) is 0. The molecule has 1 aromatic heterocycles. The predicted molar refractivity (Wildman–Crippen MR) is 56.1 cm³/mol. The van der Waals surface area contributed by atoms with E-state index in [-0.39, 0.29) is 6.61 Å². The Balaban J connectivity index is 1.93. The number of aliphatic hydroxyl groups is 1. The van der Waals surface area contributed by atoms with Gasteiger partial charge in [0.2, 0.25) is 0 Å². The number of hydrogen-bond acceptors (Lipinski definition) is 4. The van der Waals surface area contributed by atoms with Crippen molar-refractivity contribution in [2.45, 2.75) is 38.3 Å². The Labute approximate surface area is 89.3 Å². The number of aliphatic hydroxyl groups excluding tert-OH is 1. The molecule has 0 radical (unpaired) electrons. The second-order valence-electron chi connectivity index (χ2n) is 4.86. The summed E-state index contributed by atoms with van der Waals surface area (Å²) < 4.78 is 1.88. The Hall–Kier alpha value is -0.940. The van der Waals surface area contributed by atoms with E-state index in [1.54, 1.807) is 0 Å². The van der Waals surface area contributed by atoms with Crippen LogP contribution in [0.3, 0.4) is 0 Å². The van der Waals surface area contributed by atoms with E-state index in [0.717, 1.165) is 18.2 Å². The second-order valence-corrected chi connectivity index (χ2v) is 4.86. The minimum atomic E-state index is -0.597. The van der Waals surface area contributed by atoms with Gasteiger partial charge in [-0.05, 0) is 25.7 Å². The summed E-state index contributed by atoms with van der Waals surface area (Å²) in [6.45, 7) is 2.74. The van der Waals surface area contributed by atoms with E-state index in [9.17, 15) is 0 Å². The molecular weight excluding hydrogens is 192 g/mol. The van der Waals surface area contributed by atoms with Crippen LogP contribution in [-0.4, -0.2) is 32.2 Å². The van der Waals surface area contributed by atoms with Crippen LogP contribution in [0.5, 0.6) is 0 Å². The fourth-order valence-electron chi connectivity index (χ4n) is 1.54. The first-order valence-electron chi connectivity index (χ1n) is 5.38. The molecule has 15 heavy (non-hydrogen) atoms. The van der Waals surface area contributed by atoms with Gasteiger partial charge in [0.15, 0.2) is 0 Å². The highest BCUT2D eigenvalue weighted by Crippen LogP contribution is 2.30. The van der Waals surface area contributed by atoms with Gasteiger partial charge in [-0.2, -0.15) is 0 Å². The number of hydrogen-bond donors (Lipinski definition) is 2. The molecule has 1 atom stereocenters. The van der Waals surface area contributed by atoms with Gasteiger partial charge in [0.05, 0.1) is 12.3 Å². The van der Waals surface area contributed by atoms with E-state index < -0.39 is 5.54 Å². The number of nitrogens with zero attached hydrogens (tertiary/aromatic N) is 3. The quantitative estimate of drug-likeness (QED) is 0.714. The zero-order valence-corrected chi connectivity index (χ0v) is 9.06. The molecule has 0 aliphatic heterocycles. The molecule has 1 aliphatic rings. The average molecular weight is 210 g/mol. The summed E-state index contributed by atoms with van der Waals surface area (Å²) >= 11 is 0. The van der Waals surface area contributed by atoms with Gasteiger partial charge in [-0.1, -0.05) is 5.21 Å². The predicted octanol–water partition coefficient (Wildman–Crippen LogP) is -0.0597. The lowest BCUT2D eigenvalue weighted by molar-refractivity contribution is 0.207. The van der Waals surface area contributed by atoms with Crippen LogP contribution in [0.2, 0.25) is 0 Å². The minimum absolute atomic E-state index is 0.0392. The third-order valence-electron chi connectivity index (χ3n) is 2.67. The van der Waals surface area contributed by atoms with Crippen molar-refractivity contribution in [1.82, 2.24) is 15.0 Å². The lowest BCUT2D eigenvalue weighted by Crippen LogP contribution is -2.42. The maximum absolute atomic E-state index is 9.04. The highest BCUT2D eigenvalue weighted by Gasteiger charge is 2.23. The Morgan fingerprint density at radius 1 is 1.67 bits per heavy atom. The topological polar surface area (TPSA) is 77.0 Å². The molecule has 0 saturated heterocycles. The standard InChI is InChI=1S/C10H18N4O/c1-10(11,7-15)4-9-6-14(13-12-9)5-8-2-3-8/h6,8,15H,2-5,7,11H2,1H3. The monoisotopic (exact) mass is 210 g/mol. The second kappa shape index (κ2) is 3.90. The molecule has 84 valence electrons. The fraction of sp³-hybridized carbons (Fsp3) is 0.800. The van der Waals surface area contributed by atoms with E-state index in [1.165, 1.54) is 12.8 Å². The normalized spacial score (nSPS) is 20.2. The molecule has 1 unspecified atom stereocenters. The molecule has 1 fully saturated rings. The van der Waals surface area contributed by atoms with Gasteiger partial charge in [0.1, 0.15) is 0 Å². The van der Waals surface area contributed by atoms with Crippen molar-refractivity contribution in [3.05, 3.63) is 11.9 Å². The van der Waals surface area contributed by atoms with Crippen molar-refractivity contribution in [1.29, 1.82) is 0 Å². The van der Waals surface area contributed by atoms with Gasteiger partial charge in [-0.25, -0.2) is 0 Å². The molecule has 2 rings (SSSR count).